The summed E-state index contributed by atoms with van der Waals surface area (Å²) in [7, 11) is 0. The molecule has 1 fully saturated rings. The zero-order chi connectivity index (χ0) is 9.26. The van der Waals surface area contributed by atoms with Crippen LogP contribution in [0, 0.1) is 0 Å². The van der Waals surface area contributed by atoms with Crippen molar-refractivity contribution in [1.82, 2.24) is 10.6 Å². The fourth-order valence-electron chi connectivity index (χ4n) is 1.44. The second kappa shape index (κ2) is 3.14. The summed E-state index contributed by atoms with van der Waals surface area (Å²) in [6.07, 6.45) is 3.69. The van der Waals surface area contributed by atoms with Crippen molar-refractivity contribution in [2.24, 2.45) is 4.99 Å². The van der Waals surface area contributed by atoms with E-state index in [1.807, 2.05) is 6.08 Å². The number of aliphatic imine (C=N–C) groups is 1. The third-order valence-corrected chi connectivity index (χ3v) is 2.09. The summed E-state index contributed by atoms with van der Waals surface area (Å²) in [6.45, 7) is 4.99. The zero-order valence-corrected chi connectivity index (χ0v) is 7.21. The molecule has 2 aliphatic heterocycles. The van der Waals surface area contributed by atoms with Crippen LogP contribution in [0.2, 0.25) is 0 Å². The number of hydrogen-bond donors (Lipinski definition) is 2. The predicted molar refractivity (Wildman–Crippen MR) is 50.5 cm³/mol. The van der Waals surface area contributed by atoms with E-state index in [1.54, 1.807) is 6.21 Å². The van der Waals surface area contributed by atoms with Gasteiger partial charge in [-0.1, -0.05) is 12.7 Å². The molecule has 1 atom stereocenters. The summed E-state index contributed by atoms with van der Waals surface area (Å²) in [5, 5.41) is 5.80. The van der Waals surface area contributed by atoms with Gasteiger partial charge < -0.3 is 5.32 Å². The number of nitrogens with one attached hydrogen (secondary N) is 2. The van der Waals surface area contributed by atoms with Crippen LogP contribution in [-0.2, 0) is 4.79 Å². The predicted octanol–water partition coefficient (Wildman–Crippen LogP) is -0.401. The number of carbonyl (C=O) groups excluding carboxylic acids is 1. The molecule has 2 aliphatic rings. The molecule has 2 heterocycles. The molecule has 4 heteroatoms. The van der Waals surface area contributed by atoms with Crippen molar-refractivity contribution in [3.63, 3.8) is 0 Å². The van der Waals surface area contributed by atoms with Gasteiger partial charge in [-0.3, -0.25) is 15.1 Å². The average molecular weight is 177 g/mol. The Labute approximate surface area is 76.4 Å². The molecule has 0 bridgehead atoms. The third kappa shape index (κ3) is 1.53. The molecule has 2 N–H and O–H groups in total. The second-order valence-electron chi connectivity index (χ2n) is 3.11. The minimum atomic E-state index is -0.253. The van der Waals surface area contributed by atoms with Gasteiger partial charge in [-0.15, -0.1) is 0 Å². The van der Waals surface area contributed by atoms with E-state index in [0.29, 0.717) is 13.1 Å². The maximum atomic E-state index is 11.5. The number of rotatable bonds is 1. The van der Waals surface area contributed by atoms with Gasteiger partial charge in [0.15, 0.2) is 0 Å². The maximum Gasteiger partial charge on any atom is 0.245 e. The van der Waals surface area contributed by atoms with Gasteiger partial charge in [0.25, 0.3) is 0 Å². The molecule has 0 saturated carbocycles. The van der Waals surface area contributed by atoms with Gasteiger partial charge in [-0.2, -0.15) is 0 Å². The van der Waals surface area contributed by atoms with Gasteiger partial charge in [-0.05, 0) is 5.57 Å². The lowest BCUT2D eigenvalue weighted by Gasteiger charge is -2.24. The minimum absolute atomic E-state index is 0.0455. The van der Waals surface area contributed by atoms with Crippen LogP contribution >= 0.6 is 0 Å². The van der Waals surface area contributed by atoms with Crippen LogP contribution in [0.5, 0.6) is 0 Å². The molecule has 4 nitrogen and oxygen atoms in total. The zero-order valence-electron chi connectivity index (χ0n) is 7.21. The van der Waals surface area contributed by atoms with Crippen LogP contribution in [0.25, 0.3) is 0 Å². The molecule has 0 spiro atoms. The third-order valence-electron chi connectivity index (χ3n) is 2.09. The fourth-order valence-corrected chi connectivity index (χ4v) is 1.44. The molecule has 0 aromatic rings. The highest BCUT2D eigenvalue weighted by Crippen LogP contribution is 2.08. The fraction of sp³-hybridized carbons (Fsp3) is 0.333. The van der Waals surface area contributed by atoms with Crippen molar-refractivity contribution >= 4 is 12.1 Å². The first-order chi connectivity index (χ1) is 6.27. The van der Waals surface area contributed by atoms with Crippen molar-refractivity contribution < 1.29 is 4.79 Å². The summed E-state index contributed by atoms with van der Waals surface area (Å²) in [5.74, 6) is -0.0455. The molecule has 0 aromatic heterocycles. The SMILES string of the molecule is C=C1CNC(C2=CCN=C2)C(=O)N1. The van der Waals surface area contributed by atoms with Gasteiger partial charge in [-0.25, -0.2) is 0 Å². The summed E-state index contributed by atoms with van der Waals surface area (Å²) in [4.78, 5) is 15.5. The van der Waals surface area contributed by atoms with Gasteiger partial charge in [0.05, 0.1) is 6.54 Å². The van der Waals surface area contributed by atoms with E-state index in [9.17, 15) is 4.79 Å². The number of piperazine rings is 1. The highest BCUT2D eigenvalue weighted by molar-refractivity contribution is 5.97. The Kier molecular flexibility index (Phi) is 1.98. The van der Waals surface area contributed by atoms with Crippen molar-refractivity contribution in [1.29, 1.82) is 0 Å². The van der Waals surface area contributed by atoms with Gasteiger partial charge in [0.2, 0.25) is 5.91 Å². The van der Waals surface area contributed by atoms with E-state index in [1.165, 1.54) is 0 Å². The quantitative estimate of drug-likeness (QED) is 0.572. The smallest absolute Gasteiger partial charge is 0.245 e. The first-order valence-electron chi connectivity index (χ1n) is 4.19. The molecule has 1 unspecified atom stereocenters. The van der Waals surface area contributed by atoms with E-state index < -0.39 is 0 Å². The highest BCUT2D eigenvalue weighted by Gasteiger charge is 2.26. The number of amides is 1. The lowest BCUT2D eigenvalue weighted by molar-refractivity contribution is -0.122. The monoisotopic (exact) mass is 177 g/mol. The Morgan fingerprint density at radius 3 is 3.08 bits per heavy atom. The lowest BCUT2D eigenvalue weighted by atomic mass is 10.1. The van der Waals surface area contributed by atoms with Crippen LogP contribution < -0.4 is 10.6 Å². The number of nitrogens with zero attached hydrogens (tertiary/aromatic N) is 1. The normalized spacial score (nSPS) is 27.4. The highest BCUT2D eigenvalue weighted by atomic mass is 16.2. The number of carbonyl (C=O) groups is 1. The Morgan fingerprint density at radius 1 is 1.62 bits per heavy atom. The number of hydrogen-bond acceptors (Lipinski definition) is 3. The average Bonchev–Trinajstić information content (AvgIpc) is 2.56. The molecule has 68 valence electrons. The maximum absolute atomic E-state index is 11.5. The van der Waals surface area contributed by atoms with Gasteiger partial charge in [0.1, 0.15) is 6.04 Å². The molecular weight excluding hydrogens is 166 g/mol. The van der Waals surface area contributed by atoms with Crippen molar-refractivity contribution in [3.8, 4) is 0 Å². The van der Waals surface area contributed by atoms with Crippen LogP contribution in [0.3, 0.4) is 0 Å². The largest absolute Gasteiger partial charge is 0.327 e. The van der Waals surface area contributed by atoms with Crippen LogP contribution in [0.1, 0.15) is 0 Å². The Balaban J connectivity index is 2.12. The molecule has 2 rings (SSSR count). The van der Waals surface area contributed by atoms with Crippen molar-refractivity contribution in [3.05, 3.63) is 23.9 Å². The van der Waals surface area contributed by atoms with E-state index >= 15 is 0 Å². The lowest BCUT2D eigenvalue weighted by Crippen LogP contribution is -2.52. The van der Waals surface area contributed by atoms with Crippen molar-refractivity contribution in [2.45, 2.75) is 6.04 Å². The summed E-state index contributed by atoms with van der Waals surface area (Å²) in [5.41, 5.74) is 1.67. The molecule has 13 heavy (non-hydrogen) atoms. The minimum Gasteiger partial charge on any atom is -0.327 e. The van der Waals surface area contributed by atoms with Crippen molar-refractivity contribution in [2.75, 3.05) is 13.1 Å². The molecule has 0 aliphatic carbocycles. The topological polar surface area (TPSA) is 53.5 Å². The van der Waals surface area contributed by atoms with Crippen LogP contribution in [-0.4, -0.2) is 31.3 Å². The second-order valence-corrected chi connectivity index (χ2v) is 3.11. The van der Waals surface area contributed by atoms with E-state index in [4.69, 9.17) is 0 Å². The molecular formula is C9H11N3O. The van der Waals surface area contributed by atoms with Crippen LogP contribution in [0.4, 0.5) is 0 Å². The Hall–Kier alpha value is -1.42. The molecule has 0 radical (unpaired) electrons. The van der Waals surface area contributed by atoms with E-state index in [-0.39, 0.29) is 11.9 Å². The summed E-state index contributed by atoms with van der Waals surface area (Å²) < 4.78 is 0. The summed E-state index contributed by atoms with van der Waals surface area (Å²) >= 11 is 0. The summed E-state index contributed by atoms with van der Waals surface area (Å²) in [6, 6.07) is -0.253. The molecule has 1 amide bonds. The molecule has 1 saturated heterocycles. The first kappa shape index (κ1) is 8.19. The van der Waals surface area contributed by atoms with Crippen LogP contribution in [0.15, 0.2) is 28.9 Å². The first-order valence-corrected chi connectivity index (χ1v) is 4.19. The van der Waals surface area contributed by atoms with Gasteiger partial charge in [0, 0.05) is 18.5 Å². The standard InChI is InChI=1S/C9H11N3O/c1-6-4-11-8(9(13)12-6)7-2-3-10-5-7/h2,5,8,11H,1,3-4H2,(H,12,13). The van der Waals surface area contributed by atoms with E-state index in [2.05, 4.69) is 22.2 Å². The Bertz CT molecular complexity index is 317. The Morgan fingerprint density at radius 2 is 2.46 bits per heavy atom. The van der Waals surface area contributed by atoms with E-state index in [0.717, 1.165) is 11.3 Å². The van der Waals surface area contributed by atoms with Gasteiger partial charge >= 0.3 is 0 Å². The molecule has 0 aromatic carbocycles.